The van der Waals surface area contributed by atoms with Crippen molar-refractivity contribution in [1.29, 1.82) is 0 Å². The predicted octanol–water partition coefficient (Wildman–Crippen LogP) is 1.17. The summed E-state index contributed by atoms with van der Waals surface area (Å²) in [5.41, 5.74) is -0.288. The van der Waals surface area contributed by atoms with Crippen molar-refractivity contribution in [2.75, 3.05) is 13.2 Å². The summed E-state index contributed by atoms with van der Waals surface area (Å²) in [6.45, 7) is 12.4. The Morgan fingerprint density at radius 3 is 2.37 bits per heavy atom. The number of hydrogen-bond donors (Lipinski definition) is 1. The third-order valence-electron chi connectivity index (χ3n) is 3.31. The van der Waals surface area contributed by atoms with Gasteiger partial charge >= 0.3 is 0 Å². The van der Waals surface area contributed by atoms with E-state index in [-0.39, 0.29) is 23.3 Å². The van der Waals surface area contributed by atoms with Gasteiger partial charge in [0.1, 0.15) is 12.1 Å². The molecule has 110 valence electrons. The number of hydrogen-bond acceptors (Lipinski definition) is 3. The van der Waals surface area contributed by atoms with Crippen molar-refractivity contribution in [1.82, 2.24) is 10.2 Å². The topological polar surface area (TPSA) is 58.6 Å². The molecule has 0 aromatic carbocycles. The van der Waals surface area contributed by atoms with Crippen LogP contribution < -0.4 is 5.32 Å². The van der Waals surface area contributed by atoms with Gasteiger partial charge in [-0.1, -0.05) is 20.8 Å². The van der Waals surface area contributed by atoms with Crippen LogP contribution in [0.1, 0.15) is 41.5 Å². The minimum absolute atomic E-state index is 0.0213. The van der Waals surface area contributed by atoms with Crippen LogP contribution in [0.15, 0.2) is 0 Å². The van der Waals surface area contributed by atoms with E-state index in [4.69, 9.17) is 4.74 Å². The van der Waals surface area contributed by atoms with E-state index in [0.29, 0.717) is 13.2 Å². The lowest BCUT2D eigenvalue weighted by Crippen LogP contribution is -2.66. The zero-order valence-corrected chi connectivity index (χ0v) is 12.8. The van der Waals surface area contributed by atoms with Crippen LogP contribution in [0.3, 0.4) is 0 Å². The van der Waals surface area contributed by atoms with Crippen molar-refractivity contribution in [2.45, 2.75) is 59.7 Å². The number of rotatable bonds is 4. The summed E-state index contributed by atoms with van der Waals surface area (Å²) in [4.78, 5) is 26.0. The smallest absolute Gasteiger partial charge is 0.246 e. The summed E-state index contributed by atoms with van der Waals surface area (Å²) < 4.78 is 5.47. The number of amides is 2. The van der Waals surface area contributed by atoms with Gasteiger partial charge in [-0.05, 0) is 26.2 Å². The lowest BCUT2D eigenvalue weighted by Gasteiger charge is -2.42. The van der Waals surface area contributed by atoms with Crippen LogP contribution in [-0.4, -0.2) is 48.1 Å². The molecule has 0 saturated carbocycles. The van der Waals surface area contributed by atoms with Gasteiger partial charge in [0.15, 0.2) is 0 Å². The maximum atomic E-state index is 12.5. The normalized spacial score (nSPS) is 24.9. The molecule has 0 aromatic rings. The Hall–Kier alpha value is -1.10. The highest BCUT2D eigenvalue weighted by atomic mass is 16.5. The summed E-state index contributed by atoms with van der Waals surface area (Å²) in [7, 11) is 0. The van der Waals surface area contributed by atoms with Crippen LogP contribution in [0.25, 0.3) is 0 Å². The fourth-order valence-electron chi connectivity index (χ4n) is 2.10. The van der Waals surface area contributed by atoms with E-state index < -0.39 is 12.1 Å². The van der Waals surface area contributed by atoms with E-state index in [2.05, 4.69) is 5.32 Å². The third-order valence-corrected chi connectivity index (χ3v) is 3.31. The van der Waals surface area contributed by atoms with Gasteiger partial charge in [0.2, 0.25) is 11.8 Å². The van der Waals surface area contributed by atoms with Gasteiger partial charge in [0.05, 0.1) is 12.7 Å². The second-order valence-corrected chi connectivity index (χ2v) is 6.43. The minimum atomic E-state index is -0.463. The molecule has 0 aromatic heterocycles. The monoisotopic (exact) mass is 270 g/mol. The van der Waals surface area contributed by atoms with E-state index in [9.17, 15) is 9.59 Å². The van der Waals surface area contributed by atoms with Crippen molar-refractivity contribution in [3.63, 3.8) is 0 Å². The number of piperazine rings is 1. The molecule has 1 aliphatic rings. The summed E-state index contributed by atoms with van der Waals surface area (Å²) in [6, 6.07) is -0.892. The predicted molar refractivity (Wildman–Crippen MR) is 73.6 cm³/mol. The van der Waals surface area contributed by atoms with Gasteiger partial charge in [-0.2, -0.15) is 0 Å². The first kappa shape index (κ1) is 16.0. The van der Waals surface area contributed by atoms with Crippen LogP contribution in [0.2, 0.25) is 0 Å². The Labute approximate surface area is 115 Å². The molecule has 5 heteroatoms. The first-order valence-electron chi connectivity index (χ1n) is 6.87. The molecule has 19 heavy (non-hydrogen) atoms. The molecule has 2 amide bonds. The Balaban J connectivity index is 2.76. The highest BCUT2D eigenvalue weighted by Gasteiger charge is 2.43. The molecular weight excluding hydrogens is 244 g/mol. The zero-order valence-electron chi connectivity index (χ0n) is 12.8. The molecule has 5 nitrogen and oxygen atoms in total. The fourth-order valence-corrected chi connectivity index (χ4v) is 2.10. The molecule has 0 bridgehead atoms. The average Bonchev–Trinajstić information content (AvgIpc) is 2.26. The Bertz CT molecular complexity index is 347. The molecule has 1 N–H and O–H groups in total. The first-order valence-corrected chi connectivity index (χ1v) is 6.87. The molecule has 0 aliphatic carbocycles. The van der Waals surface area contributed by atoms with Crippen molar-refractivity contribution in [3.8, 4) is 0 Å². The number of carbonyl (C=O) groups is 2. The zero-order chi connectivity index (χ0) is 14.8. The van der Waals surface area contributed by atoms with Gasteiger partial charge in [-0.25, -0.2) is 0 Å². The molecule has 2 atom stereocenters. The number of nitrogens with zero attached hydrogens (tertiary/aromatic N) is 1. The number of carbonyl (C=O) groups excluding carboxylic acids is 2. The molecule has 2 unspecified atom stereocenters. The van der Waals surface area contributed by atoms with Crippen LogP contribution in [0.5, 0.6) is 0 Å². The summed E-state index contributed by atoms with van der Waals surface area (Å²) in [5.74, 6) is -0.115. The molecule has 0 spiro atoms. The van der Waals surface area contributed by atoms with Gasteiger partial charge < -0.3 is 15.0 Å². The first-order chi connectivity index (χ1) is 8.64. The number of nitrogens with one attached hydrogen (secondary N) is 1. The van der Waals surface area contributed by atoms with Gasteiger partial charge in [-0.3, -0.25) is 9.59 Å². The highest BCUT2D eigenvalue weighted by Crippen LogP contribution is 2.24. The summed E-state index contributed by atoms with van der Waals surface area (Å²) >= 11 is 0. The van der Waals surface area contributed by atoms with E-state index in [0.717, 1.165) is 0 Å². The van der Waals surface area contributed by atoms with Crippen LogP contribution in [-0.2, 0) is 14.3 Å². The molecule has 1 saturated heterocycles. The molecule has 0 radical (unpaired) electrons. The lowest BCUT2D eigenvalue weighted by molar-refractivity contribution is -0.152. The quantitative estimate of drug-likeness (QED) is 0.834. The molecular formula is C14H26N2O3. The second-order valence-electron chi connectivity index (χ2n) is 6.43. The van der Waals surface area contributed by atoms with Crippen LogP contribution in [0.4, 0.5) is 0 Å². The van der Waals surface area contributed by atoms with E-state index in [1.807, 2.05) is 34.6 Å². The van der Waals surface area contributed by atoms with Crippen molar-refractivity contribution >= 4 is 11.8 Å². The Morgan fingerprint density at radius 2 is 1.89 bits per heavy atom. The average molecular weight is 270 g/mol. The number of ether oxygens (including phenoxy) is 1. The highest BCUT2D eigenvalue weighted by molar-refractivity contribution is 5.97. The Morgan fingerprint density at radius 1 is 1.32 bits per heavy atom. The Kier molecular flexibility index (Phi) is 4.96. The third kappa shape index (κ3) is 3.93. The van der Waals surface area contributed by atoms with E-state index in [1.54, 1.807) is 11.8 Å². The maximum Gasteiger partial charge on any atom is 0.246 e. The molecule has 1 heterocycles. The molecule has 1 fully saturated rings. The van der Waals surface area contributed by atoms with E-state index >= 15 is 0 Å². The standard InChI is InChI=1S/C14H26N2O3/c1-9(2)19-8-7-16-10(3)12(17)15-11(13(16)18)14(4,5)6/h9-11H,7-8H2,1-6H3,(H,15,17). The van der Waals surface area contributed by atoms with Gasteiger partial charge in [-0.15, -0.1) is 0 Å². The second kappa shape index (κ2) is 5.90. The summed E-state index contributed by atoms with van der Waals surface area (Å²) in [6.07, 6.45) is 0.127. The van der Waals surface area contributed by atoms with Crippen LogP contribution in [0, 0.1) is 5.41 Å². The van der Waals surface area contributed by atoms with Crippen molar-refractivity contribution in [2.24, 2.45) is 5.41 Å². The fraction of sp³-hybridized carbons (Fsp3) is 0.857. The maximum absolute atomic E-state index is 12.5. The van der Waals surface area contributed by atoms with Gasteiger partial charge in [0.25, 0.3) is 0 Å². The van der Waals surface area contributed by atoms with Crippen molar-refractivity contribution in [3.05, 3.63) is 0 Å². The van der Waals surface area contributed by atoms with Crippen LogP contribution >= 0.6 is 0 Å². The SMILES string of the molecule is CC(C)OCCN1C(=O)C(C(C)(C)C)NC(=O)C1C. The minimum Gasteiger partial charge on any atom is -0.377 e. The van der Waals surface area contributed by atoms with E-state index in [1.165, 1.54) is 0 Å². The molecule has 1 aliphatic heterocycles. The molecule has 1 rings (SSSR count). The van der Waals surface area contributed by atoms with Gasteiger partial charge in [0, 0.05) is 6.54 Å². The van der Waals surface area contributed by atoms with Crippen molar-refractivity contribution < 1.29 is 14.3 Å². The largest absolute Gasteiger partial charge is 0.377 e. The summed E-state index contributed by atoms with van der Waals surface area (Å²) in [5, 5.41) is 2.81. The lowest BCUT2D eigenvalue weighted by atomic mass is 9.84.